The molecule has 1 fully saturated rings. The first-order chi connectivity index (χ1) is 8.26. The Labute approximate surface area is 101 Å². The van der Waals surface area contributed by atoms with E-state index in [1.165, 1.54) is 0 Å². The molecule has 0 amide bonds. The third-order valence-corrected chi connectivity index (χ3v) is 3.16. The summed E-state index contributed by atoms with van der Waals surface area (Å²) < 4.78 is 7.16. The van der Waals surface area contributed by atoms with Gasteiger partial charge in [-0.3, -0.25) is 9.48 Å². The lowest BCUT2D eigenvalue weighted by Crippen LogP contribution is -2.36. The molecule has 1 aliphatic heterocycles. The average Bonchev–Trinajstić information content (AvgIpc) is 2.96. The van der Waals surface area contributed by atoms with E-state index in [1.807, 2.05) is 17.9 Å². The third kappa shape index (κ3) is 2.56. The molecule has 5 heteroatoms. The molecule has 1 aromatic heterocycles. The SMILES string of the molecule is CCCn1cc(C(=O)C2COCC2NC)cn1. The van der Waals surface area contributed by atoms with Crippen molar-refractivity contribution in [1.29, 1.82) is 0 Å². The van der Waals surface area contributed by atoms with E-state index in [9.17, 15) is 4.79 Å². The lowest BCUT2D eigenvalue weighted by atomic mass is 9.95. The molecule has 1 saturated heterocycles. The van der Waals surface area contributed by atoms with E-state index in [4.69, 9.17) is 4.74 Å². The Bertz CT molecular complexity index is 389. The molecular weight excluding hydrogens is 218 g/mol. The fraction of sp³-hybridized carbons (Fsp3) is 0.667. The monoisotopic (exact) mass is 237 g/mol. The number of ether oxygens (including phenoxy) is 1. The lowest BCUT2D eigenvalue weighted by molar-refractivity contribution is 0.0892. The Hall–Kier alpha value is -1.20. The smallest absolute Gasteiger partial charge is 0.173 e. The molecule has 0 saturated carbocycles. The Morgan fingerprint density at radius 2 is 2.47 bits per heavy atom. The highest BCUT2D eigenvalue weighted by atomic mass is 16.5. The van der Waals surface area contributed by atoms with E-state index in [1.54, 1.807) is 6.20 Å². The number of aromatic nitrogens is 2. The summed E-state index contributed by atoms with van der Waals surface area (Å²) in [6.45, 7) is 4.05. The molecule has 0 aromatic carbocycles. The number of carbonyl (C=O) groups excluding carboxylic acids is 1. The van der Waals surface area contributed by atoms with Crippen LogP contribution in [0.3, 0.4) is 0 Å². The Balaban J connectivity index is 2.07. The minimum Gasteiger partial charge on any atom is -0.379 e. The molecule has 1 aliphatic rings. The van der Waals surface area contributed by atoms with Gasteiger partial charge in [-0.05, 0) is 13.5 Å². The van der Waals surface area contributed by atoms with Gasteiger partial charge in [0, 0.05) is 18.8 Å². The molecule has 2 heterocycles. The summed E-state index contributed by atoms with van der Waals surface area (Å²) in [7, 11) is 1.86. The van der Waals surface area contributed by atoms with Crippen molar-refractivity contribution in [3.05, 3.63) is 18.0 Å². The number of aryl methyl sites for hydroxylation is 1. The zero-order valence-electron chi connectivity index (χ0n) is 10.3. The zero-order chi connectivity index (χ0) is 12.3. The van der Waals surface area contributed by atoms with Gasteiger partial charge in [0.2, 0.25) is 0 Å². The predicted octanol–water partition coefficient (Wildman–Crippen LogP) is 0.710. The van der Waals surface area contributed by atoms with Crippen molar-refractivity contribution in [1.82, 2.24) is 15.1 Å². The Kier molecular flexibility index (Phi) is 3.91. The predicted molar refractivity (Wildman–Crippen MR) is 64.0 cm³/mol. The molecule has 2 rings (SSSR count). The summed E-state index contributed by atoms with van der Waals surface area (Å²) in [5, 5.41) is 7.31. The molecule has 2 unspecified atom stereocenters. The average molecular weight is 237 g/mol. The molecule has 1 N–H and O–H groups in total. The van der Waals surface area contributed by atoms with Crippen molar-refractivity contribution < 1.29 is 9.53 Å². The van der Waals surface area contributed by atoms with E-state index in [0.717, 1.165) is 13.0 Å². The summed E-state index contributed by atoms with van der Waals surface area (Å²) in [5.41, 5.74) is 0.689. The van der Waals surface area contributed by atoms with E-state index < -0.39 is 0 Å². The van der Waals surface area contributed by atoms with Gasteiger partial charge in [-0.25, -0.2) is 0 Å². The van der Waals surface area contributed by atoms with Crippen LogP contribution in [0.1, 0.15) is 23.7 Å². The van der Waals surface area contributed by atoms with Crippen LogP contribution in [0.5, 0.6) is 0 Å². The second kappa shape index (κ2) is 5.42. The summed E-state index contributed by atoms with van der Waals surface area (Å²) in [4.78, 5) is 12.3. The van der Waals surface area contributed by atoms with Crippen molar-refractivity contribution in [3.8, 4) is 0 Å². The molecular formula is C12H19N3O2. The first-order valence-corrected chi connectivity index (χ1v) is 6.08. The second-order valence-electron chi connectivity index (χ2n) is 4.40. The van der Waals surface area contributed by atoms with Gasteiger partial charge in [-0.2, -0.15) is 5.10 Å². The van der Waals surface area contributed by atoms with E-state index in [-0.39, 0.29) is 17.7 Å². The van der Waals surface area contributed by atoms with Crippen LogP contribution in [-0.2, 0) is 11.3 Å². The molecule has 1 aromatic rings. The fourth-order valence-corrected chi connectivity index (χ4v) is 2.15. The Morgan fingerprint density at radius 1 is 1.65 bits per heavy atom. The Morgan fingerprint density at radius 3 is 3.18 bits per heavy atom. The van der Waals surface area contributed by atoms with Crippen LogP contribution >= 0.6 is 0 Å². The largest absolute Gasteiger partial charge is 0.379 e. The molecule has 2 atom stereocenters. The molecule has 0 radical (unpaired) electrons. The molecule has 94 valence electrons. The third-order valence-electron chi connectivity index (χ3n) is 3.16. The molecule has 5 nitrogen and oxygen atoms in total. The zero-order valence-corrected chi connectivity index (χ0v) is 10.3. The topological polar surface area (TPSA) is 56.1 Å². The first kappa shape index (κ1) is 12.3. The van der Waals surface area contributed by atoms with Gasteiger partial charge >= 0.3 is 0 Å². The number of likely N-dealkylation sites (N-methyl/N-ethyl adjacent to an activating group) is 1. The fourth-order valence-electron chi connectivity index (χ4n) is 2.15. The summed E-state index contributed by atoms with van der Waals surface area (Å²) in [5.74, 6) is 0.0449. The van der Waals surface area contributed by atoms with Crippen molar-refractivity contribution in [3.63, 3.8) is 0 Å². The maximum absolute atomic E-state index is 12.3. The van der Waals surface area contributed by atoms with Gasteiger partial charge in [0.25, 0.3) is 0 Å². The second-order valence-corrected chi connectivity index (χ2v) is 4.40. The lowest BCUT2D eigenvalue weighted by Gasteiger charge is -2.14. The highest BCUT2D eigenvalue weighted by Crippen LogP contribution is 2.18. The van der Waals surface area contributed by atoms with Gasteiger partial charge in [-0.15, -0.1) is 0 Å². The number of hydrogen-bond acceptors (Lipinski definition) is 4. The number of rotatable bonds is 5. The molecule has 0 bridgehead atoms. The molecule has 17 heavy (non-hydrogen) atoms. The number of nitrogens with one attached hydrogen (secondary N) is 1. The van der Waals surface area contributed by atoms with Crippen LogP contribution in [0.15, 0.2) is 12.4 Å². The van der Waals surface area contributed by atoms with Crippen LogP contribution in [0, 0.1) is 5.92 Å². The highest BCUT2D eigenvalue weighted by Gasteiger charge is 2.33. The quantitative estimate of drug-likeness (QED) is 0.766. The van der Waals surface area contributed by atoms with Gasteiger partial charge in [0.15, 0.2) is 5.78 Å². The first-order valence-electron chi connectivity index (χ1n) is 6.08. The number of hydrogen-bond donors (Lipinski definition) is 1. The number of ketones is 1. The standard InChI is InChI=1S/C12H19N3O2/c1-3-4-15-6-9(5-14-15)12(16)10-7-17-8-11(10)13-2/h5-6,10-11,13H,3-4,7-8H2,1-2H3. The summed E-state index contributed by atoms with van der Waals surface area (Å²) in [6, 6.07) is 0.122. The van der Waals surface area contributed by atoms with Crippen LogP contribution in [0.2, 0.25) is 0 Å². The minimum atomic E-state index is -0.0840. The van der Waals surface area contributed by atoms with E-state index in [0.29, 0.717) is 18.8 Å². The summed E-state index contributed by atoms with van der Waals surface area (Å²) >= 11 is 0. The van der Waals surface area contributed by atoms with Crippen LogP contribution in [-0.4, -0.2) is 41.9 Å². The maximum atomic E-state index is 12.3. The van der Waals surface area contributed by atoms with Gasteiger partial charge < -0.3 is 10.1 Å². The summed E-state index contributed by atoms with van der Waals surface area (Å²) in [6.07, 6.45) is 4.50. The van der Waals surface area contributed by atoms with E-state index in [2.05, 4.69) is 17.3 Å². The normalized spacial score (nSPS) is 24.1. The van der Waals surface area contributed by atoms with Crippen LogP contribution in [0.25, 0.3) is 0 Å². The van der Waals surface area contributed by atoms with Crippen LogP contribution in [0.4, 0.5) is 0 Å². The van der Waals surface area contributed by atoms with Crippen molar-refractivity contribution >= 4 is 5.78 Å². The van der Waals surface area contributed by atoms with E-state index >= 15 is 0 Å². The number of nitrogens with zero attached hydrogens (tertiary/aromatic N) is 2. The maximum Gasteiger partial charge on any atom is 0.173 e. The number of carbonyl (C=O) groups is 1. The van der Waals surface area contributed by atoms with Crippen molar-refractivity contribution in [2.24, 2.45) is 5.92 Å². The molecule has 0 spiro atoms. The minimum absolute atomic E-state index is 0.0840. The van der Waals surface area contributed by atoms with Crippen LogP contribution < -0.4 is 5.32 Å². The van der Waals surface area contributed by atoms with Crippen molar-refractivity contribution in [2.75, 3.05) is 20.3 Å². The van der Waals surface area contributed by atoms with Crippen molar-refractivity contribution in [2.45, 2.75) is 25.9 Å². The number of Topliss-reactive ketones (excluding diaryl/α,β-unsaturated/α-hetero) is 1. The molecule has 0 aliphatic carbocycles. The van der Waals surface area contributed by atoms with Gasteiger partial charge in [0.1, 0.15) is 0 Å². The highest BCUT2D eigenvalue weighted by molar-refractivity contribution is 5.98. The van der Waals surface area contributed by atoms with Gasteiger partial charge in [0.05, 0.1) is 30.9 Å². The van der Waals surface area contributed by atoms with Gasteiger partial charge in [-0.1, -0.05) is 6.92 Å².